The Morgan fingerprint density at radius 1 is 0.833 bits per heavy atom. The highest BCUT2D eigenvalue weighted by molar-refractivity contribution is 9.12. The summed E-state index contributed by atoms with van der Waals surface area (Å²) in [5.41, 5.74) is 0.731. The number of hydrogen-bond donors (Lipinski definition) is 0. The molecule has 122 valence electrons. The van der Waals surface area contributed by atoms with Gasteiger partial charge >= 0.3 is 0 Å². The first-order valence-corrected chi connectivity index (χ1v) is 10.1. The van der Waals surface area contributed by atoms with E-state index in [1.807, 2.05) is 42.5 Å². The zero-order valence-electron chi connectivity index (χ0n) is 12.7. The number of halogens is 2. The molecule has 0 radical (unpaired) electrons. The number of alkyl halides is 2. The second-order valence-electron chi connectivity index (χ2n) is 7.01. The molecule has 2 bridgehead atoms. The summed E-state index contributed by atoms with van der Waals surface area (Å²) in [5, 5.41) is 2.01. The first-order valence-electron chi connectivity index (χ1n) is 8.23. The maximum atomic E-state index is 13.2. The fourth-order valence-electron chi connectivity index (χ4n) is 4.99. The number of hydrogen-bond acceptors (Lipinski definition) is 2. The van der Waals surface area contributed by atoms with Crippen LogP contribution >= 0.6 is 31.9 Å². The molecule has 0 unspecified atom stereocenters. The van der Waals surface area contributed by atoms with Gasteiger partial charge in [0.05, 0.1) is 17.5 Å². The molecule has 2 aliphatic carbocycles. The second-order valence-corrected chi connectivity index (χ2v) is 9.13. The molecular formula is C19H15Br2NO2. The lowest BCUT2D eigenvalue weighted by atomic mass is 9.81. The molecule has 6 atom stereocenters. The van der Waals surface area contributed by atoms with E-state index in [1.54, 1.807) is 0 Å². The maximum Gasteiger partial charge on any atom is 0.238 e. The fraction of sp³-hybridized carbons (Fsp3) is 0.368. The van der Waals surface area contributed by atoms with Gasteiger partial charge in [-0.2, -0.15) is 0 Å². The van der Waals surface area contributed by atoms with Crippen LogP contribution in [0.4, 0.5) is 5.69 Å². The predicted octanol–water partition coefficient (Wildman–Crippen LogP) is 4.12. The molecule has 0 spiro atoms. The Morgan fingerprint density at radius 3 is 2.08 bits per heavy atom. The summed E-state index contributed by atoms with van der Waals surface area (Å²) in [7, 11) is 0. The van der Waals surface area contributed by atoms with Crippen molar-refractivity contribution in [3.05, 3.63) is 42.5 Å². The molecule has 24 heavy (non-hydrogen) atoms. The van der Waals surface area contributed by atoms with Crippen molar-refractivity contribution in [2.45, 2.75) is 16.1 Å². The third kappa shape index (κ3) is 1.77. The van der Waals surface area contributed by atoms with Crippen LogP contribution in [-0.2, 0) is 9.59 Å². The summed E-state index contributed by atoms with van der Waals surface area (Å²) < 4.78 is 0. The fourth-order valence-corrected chi connectivity index (χ4v) is 6.86. The molecular weight excluding hydrogens is 434 g/mol. The van der Waals surface area contributed by atoms with Gasteiger partial charge < -0.3 is 0 Å². The molecule has 3 nitrogen and oxygen atoms in total. The predicted molar refractivity (Wildman–Crippen MR) is 100 cm³/mol. The van der Waals surface area contributed by atoms with Crippen LogP contribution in [-0.4, -0.2) is 21.5 Å². The molecule has 2 aromatic rings. The van der Waals surface area contributed by atoms with Gasteiger partial charge in [-0.25, -0.2) is 4.90 Å². The SMILES string of the molecule is O=C1[C@H]2[C@@H]3C[C@@H]([C@@H](Br)[C@H]3Br)[C@@H]2C(=O)N1c1cccc2ccccc12. The highest BCUT2D eigenvalue weighted by Crippen LogP contribution is 2.60. The summed E-state index contributed by atoms with van der Waals surface area (Å²) in [5.74, 6) is 0.135. The first-order chi connectivity index (χ1) is 11.6. The Labute approximate surface area is 156 Å². The van der Waals surface area contributed by atoms with Crippen LogP contribution in [0.3, 0.4) is 0 Å². The van der Waals surface area contributed by atoms with Crippen molar-refractivity contribution < 1.29 is 9.59 Å². The van der Waals surface area contributed by atoms with Crippen LogP contribution in [0.25, 0.3) is 10.8 Å². The Bertz CT molecular complexity index is 845. The molecule has 3 fully saturated rings. The van der Waals surface area contributed by atoms with E-state index in [4.69, 9.17) is 0 Å². The lowest BCUT2D eigenvalue weighted by molar-refractivity contribution is -0.123. The zero-order valence-corrected chi connectivity index (χ0v) is 15.9. The second kappa shape index (κ2) is 5.15. The smallest absolute Gasteiger partial charge is 0.238 e. The molecule has 1 aliphatic heterocycles. The van der Waals surface area contributed by atoms with Gasteiger partial charge in [0.2, 0.25) is 11.8 Å². The molecule has 0 aromatic heterocycles. The Balaban J connectivity index is 1.64. The molecule has 3 aliphatic rings. The molecule has 5 rings (SSSR count). The van der Waals surface area contributed by atoms with Crippen molar-refractivity contribution in [2.24, 2.45) is 23.7 Å². The lowest BCUT2D eigenvalue weighted by Crippen LogP contribution is -2.37. The normalized spacial score (nSPS) is 37.5. The largest absolute Gasteiger partial charge is 0.274 e. The highest BCUT2D eigenvalue weighted by Gasteiger charge is 2.66. The number of carbonyl (C=O) groups is 2. The number of amides is 2. The van der Waals surface area contributed by atoms with E-state index in [0.29, 0.717) is 0 Å². The standard InChI is InChI=1S/C19H15Br2NO2/c20-16-11-8-12(17(16)21)15-14(11)18(23)22(19(15)24)13-7-3-5-9-4-1-2-6-10(9)13/h1-7,11-12,14-17H,8H2/t11-,12+,14-,15-,16-,17+/m0/s1. The van der Waals surface area contributed by atoms with Crippen LogP contribution in [0.15, 0.2) is 42.5 Å². The summed E-state index contributed by atoms with van der Waals surface area (Å²) >= 11 is 7.46. The van der Waals surface area contributed by atoms with E-state index in [2.05, 4.69) is 31.9 Å². The minimum atomic E-state index is -0.167. The molecule has 1 heterocycles. The van der Waals surface area contributed by atoms with Gasteiger partial charge in [0, 0.05) is 15.0 Å². The van der Waals surface area contributed by atoms with Crippen molar-refractivity contribution in [1.82, 2.24) is 0 Å². The number of benzene rings is 2. The third-order valence-corrected chi connectivity index (χ3v) is 9.20. The van der Waals surface area contributed by atoms with Gasteiger partial charge in [-0.05, 0) is 29.7 Å². The van der Waals surface area contributed by atoms with Gasteiger partial charge in [0.25, 0.3) is 0 Å². The molecule has 2 saturated carbocycles. The number of carbonyl (C=O) groups excluding carboxylic acids is 2. The quantitative estimate of drug-likeness (QED) is 0.486. The topological polar surface area (TPSA) is 37.4 Å². The summed E-state index contributed by atoms with van der Waals surface area (Å²) in [6.07, 6.45) is 0.960. The summed E-state index contributed by atoms with van der Waals surface area (Å²) in [6.45, 7) is 0. The van der Waals surface area contributed by atoms with Crippen molar-refractivity contribution in [3.63, 3.8) is 0 Å². The van der Waals surface area contributed by atoms with E-state index in [9.17, 15) is 9.59 Å². The van der Waals surface area contributed by atoms with Gasteiger partial charge in [-0.3, -0.25) is 9.59 Å². The molecule has 0 N–H and O–H groups in total. The van der Waals surface area contributed by atoms with Gasteiger partial charge in [0.1, 0.15) is 0 Å². The van der Waals surface area contributed by atoms with Crippen molar-refractivity contribution in [1.29, 1.82) is 0 Å². The van der Waals surface area contributed by atoms with Crippen molar-refractivity contribution in [3.8, 4) is 0 Å². The number of imide groups is 1. The van der Waals surface area contributed by atoms with E-state index >= 15 is 0 Å². The van der Waals surface area contributed by atoms with Crippen LogP contribution in [0.2, 0.25) is 0 Å². The first kappa shape index (κ1) is 15.1. The van der Waals surface area contributed by atoms with E-state index < -0.39 is 0 Å². The van der Waals surface area contributed by atoms with Crippen LogP contribution in [0.5, 0.6) is 0 Å². The van der Waals surface area contributed by atoms with E-state index in [-0.39, 0.29) is 45.1 Å². The minimum absolute atomic E-state index is 0.0160. The van der Waals surface area contributed by atoms with Gasteiger partial charge in [0.15, 0.2) is 0 Å². The third-order valence-electron chi connectivity index (χ3n) is 5.99. The number of fused-ring (bicyclic) bond motifs is 6. The van der Waals surface area contributed by atoms with Crippen molar-refractivity contribution >= 4 is 60.1 Å². The van der Waals surface area contributed by atoms with Crippen LogP contribution < -0.4 is 4.90 Å². The molecule has 1 saturated heterocycles. The van der Waals surface area contributed by atoms with Gasteiger partial charge in [-0.1, -0.05) is 68.3 Å². The number of anilines is 1. The monoisotopic (exact) mass is 447 g/mol. The number of rotatable bonds is 1. The Kier molecular flexibility index (Phi) is 3.24. The average Bonchev–Trinajstić information content (AvgIpc) is 3.20. The maximum absolute atomic E-state index is 13.2. The van der Waals surface area contributed by atoms with Gasteiger partial charge in [-0.15, -0.1) is 0 Å². The summed E-state index contributed by atoms with van der Waals surface area (Å²) in [4.78, 5) is 28.3. The van der Waals surface area contributed by atoms with Crippen LogP contribution in [0.1, 0.15) is 6.42 Å². The molecule has 5 heteroatoms. The van der Waals surface area contributed by atoms with Crippen molar-refractivity contribution in [2.75, 3.05) is 4.90 Å². The van der Waals surface area contributed by atoms with E-state index in [1.165, 1.54) is 4.90 Å². The Hall–Kier alpha value is -1.20. The minimum Gasteiger partial charge on any atom is -0.274 e. The van der Waals surface area contributed by atoms with Crippen LogP contribution in [0, 0.1) is 23.7 Å². The number of nitrogens with zero attached hydrogens (tertiary/aromatic N) is 1. The lowest BCUT2D eigenvalue weighted by Gasteiger charge is -2.28. The Morgan fingerprint density at radius 2 is 1.42 bits per heavy atom. The van der Waals surface area contributed by atoms with E-state index in [0.717, 1.165) is 22.9 Å². The summed E-state index contributed by atoms with van der Waals surface area (Å²) in [6, 6.07) is 13.7. The zero-order chi connectivity index (χ0) is 16.6. The average molecular weight is 449 g/mol. The molecule has 2 aromatic carbocycles. The molecule has 2 amide bonds. The highest BCUT2D eigenvalue weighted by atomic mass is 79.9.